The molecular formula is C22H23F3N4O3S2. The number of halogens is 3. The molecule has 0 N–H and O–H groups in total. The molecule has 0 radical (unpaired) electrons. The van der Waals surface area contributed by atoms with Crippen LogP contribution in [0.15, 0.2) is 52.9 Å². The van der Waals surface area contributed by atoms with Crippen LogP contribution in [-0.4, -0.2) is 60.4 Å². The average molecular weight is 513 g/mol. The van der Waals surface area contributed by atoms with Crippen molar-refractivity contribution in [3.8, 4) is 11.5 Å². The van der Waals surface area contributed by atoms with Crippen molar-refractivity contribution in [1.82, 2.24) is 15.1 Å². The number of hydrogen-bond donors (Lipinski definition) is 0. The topological polar surface area (TPSA) is 79.5 Å². The number of rotatable bonds is 9. The molecule has 0 aliphatic carbocycles. The molecule has 0 bridgehead atoms. The second-order valence-electron chi connectivity index (χ2n) is 7.64. The fraction of sp³-hybridized carbons (Fsp3) is 0.364. The molecule has 2 aromatic carbocycles. The Hall–Kier alpha value is -2.57. The number of alkyl halides is 2. The van der Waals surface area contributed by atoms with Crippen LogP contribution >= 0.6 is 0 Å². The van der Waals surface area contributed by atoms with E-state index in [0.717, 1.165) is 6.07 Å². The Balaban J connectivity index is 1.49. The van der Waals surface area contributed by atoms with E-state index in [9.17, 15) is 21.6 Å². The van der Waals surface area contributed by atoms with E-state index in [-0.39, 0.29) is 23.6 Å². The number of anilines is 1. The van der Waals surface area contributed by atoms with Crippen LogP contribution in [0, 0.1) is 5.82 Å². The summed E-state index contributed by atoms with van der Waals surface area (Å²) in [5.41, 5.74) is 1.14. The standard InChI is InChI=1S/C22H23F3N4O3S2/c23-19-14-16(21-26-27-22(32-21)20(24)25)6-7-17(19)15-29(18-4-2-1-3-5-18)34(31)13-10-28-8-11-33(30)12-9-28/h1-7,14,20H,8-13,15H2. The van der Waals surface area contributed by atoms with Gasteiger partial charge in [-0.25, -0.2) is 8.60 Å². The molecular weight excluding hydrogens is 489 g/mol. The van der Waals surface area contributed by atoms with Gasteiger partial charge in [-0.05, 0) is 24.3 Å². The van der Waals surface area contributed by atoms with E-state index >= 15 is 0 Å². The fourth-order valence-corrected chi connectivity index (χ4v) is 5.90. The van der Waals surface area contributed by atoms with E-state index in [0.29, 0.717) is 42.6 Å². The first kappa shape index (κ1) is 24.6. The molecule has 0 spiro atoms. The Morgan fingerprint density at radius 1 is 1.12 bits per heavy atom. The molecule has 1 fully saturated rings. The van der Waals surface area contributed by atoms with Gasteiger partial charge in [-0.15, -0.1) is 10.2 Å². The van der Waals surface area contributed by atoms with E-state index in [4.69, 9.17) is 4.42 Å². The third-order valence-corrected chi connectivity index (χ3v) is 8.02. The Morgan fingerprint density at radius 2 is 1.85 bits per heavy atom. The Bertz CT molecular complexity index is 1150. The average Bonchev–Trinajstić information content (AvgIpc) is 3.34. The van der Waals surface area contributed by atoms with Gasteiger partial charge in [-0.2, -0.15) is 8.78 Å². The van der Waals surface area contributed by atoms with Crippen molar-refractivity contribution in [2.24, 2.45) is 0 Å². The molecule has 12 heteroatoms. The molecule has 1 unspecified atom stereocenters. The maximum atomic E-state index is 15.0. The lowest BCUT2D eigenvalue weighted by molar-refractivity contribution is 0.116. The van der Waals surface area contributed by atoms with Crippen molar-refractivity contribution < 1.29 is 26.0 Å². The summed E-state index contributed by atoms with van der Waals surface area (Å²) in [6.45, 7) is 2.03. The predicted octanol–water partition coefficient (Wildman–Crippen LogP) is 3.55. The number of para-hydroxylation sites is 1. The van der Waals surface area contributed by atoms with Crippen molar-refractivity contribution in [3.63, 3.8) is 0 Å². The van der Waals surface area contributed by atoms with Crippen LogP contribution in [0.1, 0.15) is 17.9 Å². The van der Waals surface area contributed by atoms with Crippen LogP contribution in [0.5, 0.6) is 0 Å². The van der Waals surface area contributed by atoms with Crippen LogP contribution in [0.2, 0.25) is 0 Å². The molecule has 7 nitrogen and oxygen atoms in total. The summed E-state index contributed by atoms with van der Waals surface area (Å²) >= 11 is 0. The first-order valence-corrected chi connectivity index (χ1v) is 13.4. The van der Waals surface area contributed by atoms with Crippen molar-refractivity contribution in [2.75, 3.05) is 41.2 Å². The highest BCUT2D eigenvalue weighted by Gasteiger charge is 2.21. The smallest absolute Gasteiger partial charge is 0.314 e. The quantitative estimate of drug-likeness (QED) is 0.436. The maximum Gasteiger partial charge on any atom is 0.314 e. The third-order valence-electron chi connectivity index (χ3n) is 5.38. The molecule has 3 aromatic rings. The fourth-order valence-electron chi connectivity index (χ4n) is 3.49. The normalized spacial score (nSPS) is 16.1. The van der Waals surface area contributed by atoms with Gasteiger partial charge in [0, 0.05) is 58.8 Å². The highest BCUT2D eigenvalue weighted by Crippen LogP contribution is 2.26. The summed E-state index contributed by atoms with van der Waals surface area (Å²) in [5, 5.41) is 6.80. The molecule has 4 rings (SSSR count). The number of benzene rings is 2. The van der Waals surface area contributed by atoms with E-state index in [2.05, 4.69) is 15.1 Å². The lowest BCUT2D eigenvalue weighted by Crippen LogP contribution is -2.41. The van der Waals surface area contributed by atoms with Crippen LogP contribution in [-0.2, 0) is 28.3 Å². The third kappa shape index (κ3) is 6.10. The molecule has 34 heavy (non-hydrogen) atoms. The SMILES string of the molecule is O=S1CCN(CCS(=O)N(Cc2ccc(-c3nnc(C(F)F)o3)cc2F)c2ccccc2)CC1. The van der Waals surface area contributed by atoms with Gasteiger partial charge in [0.05, 0.1) is 12.3 Å². The van der Waals surface area contributed by atoms with E-state index in [1.165, 1.54) is 12.1 Å². The molecule has 182 valence electrons. The van der Waals surface area contributed by atoms with Crippen molar-refractivity contribution in [3.05, 3.63) is 65.8 Å². The van der Waals surface area contributed by atoms with Gasteiger partial charge in [0.2, 0.25) is 5.89 Å². The van der Waals surface area contributed by atoms with Crippen molar-refractivity contribution >= 4 is 27.5 Å². The molecule has 0 amide bonds. The lowest BCUT2D eigenvalue weighted by Gasteiger charge is -2.28. The van der Waals surface area contributed by atoms with E-state index in [1.54, 1.807) is 16.4 Å². The summed E-state index contributed by atoms with van der Waals surface area (Å²) in [6.07, 6.45) is -2.91. The van der Waals surface area contributed by atoms with Crippen molar-refractivity contribution in [1.29, 1.82) is 0 Å². The van der Waals surface area contributed by atoms with Gasteiger partial charge >= 0.3 is 6.43 Å². The second kappa shape index (κ2) is 11.2. The summed E-state index contributed by atoms with van der Waals surface area (Å²) in [4.78, 5) is 2.13. The molecule has 1 aliphatic heterocycles. The summed E-state index contributed by atoms with van der Waals surface area (Å²) in [6, 6.07) is 13.2. The zero-order chi connectivity index (χ0) is 24.1. The Morgan fingerprint density at radius 3 is 2.50 bits per heavy atom. The maximum absolute atomic E-state index is 15.0. The zero-order valence-electron chi connectivity index (χ0n) is 18.1. The summed E-state index contributed by atoms with van der Waals surface area (Å²) in [5.74, 6) is -0.0567. The van der Waals surface area contributed by atoms with E-state index in [1.807, 2.05) is 18.2 Å². The first-order valence-electron chi connectivity index (χ1n) is 10.6. The zero-order valence-corrected chi connectivity index (χ0v) is 19.7. The van der Waals surface area contributed by atoms with Crippen LogP contribution < -0.4 is 4.31 Å². The molecule has 1 aliphatic rings. The molecule has 1 atom stereocenters. The molecule has 1 saturated heterocycles. The van der Waals surface area contributed by atoms with Gasteiger partial charge in [0.1, 0.15) is 16.8 Å². The van der Waals surface area contributed by atoms with Gasteiger partial charge in [-0.1, -0.05) is 24.3 Å². The van der Waals surface area contributed by atoms with Gasteiger partial charge in [0.15, 0.2) is 0 Å². The largest absolute Gasteiger partial charge is 0.415 e. The summed E-state index contributed by atoms with van der Waals surface area (Å²) < 4.78 is 71.7. The molecule has 0 saturated carbocycles. The Labute approximate surface area is 200 Å². The minimum absolute atomic E-state index is 0.0405. The summed E-state index contributed by atoms with van der Waals surface area (Å²) in [7, 11) is -2.23. The first-order chi connectivity index (χ1) is 16.4. The molecule has 2 heterocycles. The number of nitrogens with zero attached hydrogens (tertiary/aromatic N) is 4. The second-order valence-corrected chi connectivity index (χ2v) is 10.8. The highest BCUT2D eigenvalue weighted by molar-refractivity contribution is 7.86. The lowest BCUT2D eigenvalue weighted by atomic mass is 10.1. The molecule has 1 aromatic heterocycles. The van der Waals surface area contributed by atoms with Gasteiger partial charge in [-0.3, -0.25) is 8.51 Å². The van der Waals surface area contributed by atoms with Crippen molar-refractivity contribution in [2.45, 2.75) is 13.0 Å². The van der Waals surface area contributed by atoms with Crippen LogP contribution in [0.4, 0.5) is 18.9 Å². The van der Waals surface area contributed by atoms with Crippen LogP contribution in [0.25, 0.3) is 11.5 Å². The monoisotopic (exact) mass is 512 g/mol. The van der Waals surface area contributed by atoms with E-state index < -0.39 is 39.9 Å². The van der Waals surface area contributed by atoms with Gasteiger partial charge in [0.25, 0.3) is 5.89 Å². The minimum Gasteiger partial charge on any atom is -0.415 e. The Kier molecular flexibility index (Phi) is 8.11. The van der Waals surface area contributed by atoms with Crippen LogP contribution in [0.3, 0.4) is 0 Å². The van der Waals surface area contributed by atoms with Gasteiger partial charge < -0.3 is 9.32 Å². The minimum atomic E-state index is -2.91. The highest BCUT2D eigenvalue weighted by atomic mass is 32.2. The number of hydrogen-bond acceptors (Lipinski definition) is 6. The number of aromatic nitrogens is 2. The predicted molar refractivity (Wildman–Crippen MR) is 125 cm³/mol.